The summed E-state index contributed by atoms with van der Waals surface area (Å²) in [5.41, 5.74) is 0.154. The van der Waals surface area contributed by atoms with Gasteiger partial charge in [0.05, 0.1) is 0 Å². The third-order valence-corrected chi connectivity index (χ3v) is 3.29. The molecule has 0 bridgehead atoms. The summed E-state index contributed by atoms with van der Waals surface area (Å²) in [6, 6.07) is 0. The first-order chi connectivity index (χ1) is 8.11. The average Bonchev–Trinajstić information content (AvgIpc) is 2.73. The quantitative estimate of drug-likeness (QED) is 0.554. The largest absolute Gasteiger partial charge is 0.338 e. The number of aromatic nitrogens is 2. The lowest BCUT2D eigenvalue weighted by atomic mass is 9.85. The van der Waals surface area contributed by atoms with Gasteiger partial charge in [0.1, 0.15) is 5.82 Å². The molecule has 0 fully saturated rings. The lowest BCUT2D eigenvalue weighted by molar-refractivity contribution is 0.361. The van der Waals surface area contributed by atoms with Gasteiger partial charge < -0.3 is 9.88 Å². The van der Waals surface area contributed by atoms with Crippen LogP contribution in [-0.4, -0.2) is 22.6 Å². The Morgan fingerprint density at radius 1 is 1.59 bits per heavy atom. The molecular formula is C14H25N3. The van der Waals surface area contributed by atoms with Crippen molar-refractivity contribution in [3.05, 3.63) is 30.9 Å². The molecule has 0 aromatic carbocycles. The molecule has 1 unspecified atom stereocenters. The minimum absolute atomic E-state index is 0.154. The monoisotopic (exact) mass is 235 g/mol. The summed E-state index contributed by atoms with van der Waals surface area (Å²) in [4.78, 5) is 4.36. The Balaban J connectivity index is 2.45. The van der Waals surface area contributed by atoms with Crippen LogP contribution in [0.4, 0.5) is 0 Å². The Hall–Kier alpha value is -1.09. The average molecular weight is 235 g/mol. The third kappa shape index (κ3) is 4.35. The number of nitrogens with zero attached hydrogens (tertiary/aromatic N) is 2. The van der Waals surface area contributed by atoms with E-state index >= 15 is 0 Å². The Morgan fingerprint density at radius 3 is 2.88 bits per heavy atom. The topological polar surface area (TPSA) is 29.9 Å². The van der Waals surface area contributed by atoms with Crippen molar-refractivity contribution in [2.45, 2.75) is 33.1 Å². The summed E-state index contributed by atoms with van der Waals surface area (Å²) >= 11 is 0. The highest BCUT2D eigenvalue weighted by Gasteiger charge is 2.20. The Bertz CT molecular complexity index is 343. The number of rotatable bonds is 8. The summed E-state index contributed by atoms with van der Waals surface area (Å²) in [5.74, 6) is 1.15. The minimum atomic E-state index is 0.154. The van der Waals surface area contributed by atoms with Gasteiger partial charge in [0.2, 0.25) is 0 Å². The fourth-order valence-corrected chi connectivity index (χ4v) is 1.85. The van der Waals surface area contributed by atoms with Gasteiger partial charge >= 0.3 is 0 Å². The predicted molar refractivity (Wildman–Crippen MR) is 73.0 cm³/mol. The Morgan fingerprint density at radius 2 is 2.35 bits per heavy atom. The van der Waals surface area contributed by atoms with Crippen molar-refractivity contribution in [3.8, 4) is 0 Å². The first-order valence-electron chi connectivity index (χ1n) is 6.42. The Labute approximate surface area is 105 Å². The molecule has 17 heavy (non-hydrogen) atoms. The van der Waals surface area contributed by atoms with E-state index in [9.17, 15) is 0 Å². The van der Waals surface area contributed by atoms with E-state index in [4.69, 9.17) is 0 Å². The van der Waals surface area contributed by atoms with E-state index < -0.39 is 0 Å². The van der Waals surface area contributed by atoms with Crippen LogP contribution in [0, 0.1) is 5.41 Å². The van der Waals surface area contributed by atoms with Gasteiger partial charge in [-0.2, -0.15) is 0 Å². The van der Waals surface area contributed by atoms with Crippen LogP contribution in [0.2, 0.25) is 0 Å². The van der Waals surface area contributed by atoms with Crippen molar-refractivity contribution < 1.29 is 0 Å². The molecule has 0 saturated heterocycles. The van der Waals surface area contributed by atoms with Crippen LogP contribution in [0.25, 0.3) is 0 Å². The van der Waals surface area contributed by atoms with Crippen LogP contribution >= 0.6 is 0 Å². The minimum Gasteiger partial charge on any atom is -0.338 e. The highest BCUT2D eigenvalue weighted by atomic mass is 15.0. The molecule has 1 aromatic heterocycles. The standard InChI is InChI=1S/C14H25N3/c1-5-9-15-12-14(3,6-2)8-7-13-16-10-11-17(13)4/h6,10-11,15H,2,5,7-9,12H2,1,3-4H3. The van der Waals surface area contributed by atoms with E-state index in [2.05, 4.69) is 41.4 Å². The second-order valence-electron chi connectivity index (χ2n) is 4.99. The molecule has 1 atom stereocenters. The fraction of sp³-hybridized carbons (Fsp3) is 0.643. The van der Waals surface area contributed by atoms with Crippen molar-refractivity contribution in [3.63, 3.8) is 0 Å². The summed E-state index contributed by atoms with van der Waals surface area (Å²) in [6.45, 7) is 10.5. The highest BCUT2D eigenvalue weighted by Crippen LogP contribution is 2.23. The van der Waals surface area contributed by atoms with E-state index in [0.717, 1.165) is 31.8 Å². The van der Waals surface area contributed by atoms with Gasteiger partial charge in [-0.1, -0.05) is 19.9 Å². The predicted octanol–water partition coefficient (Wildman–Crippen LogP) is 2.54. The first-order valence-corrected chi connectivity index (χ1v) is 6.42. The van der Waals surface area contributed by atoms with Gasteiger partial charge in [0.25, 0.3) is 0 Å². The van der Waals surface area contributed by atoms with Crippen molar-refractivity contribution in [2.24, 2.45) is 12.5 Å². The van der Waals surface area contributed by atoms with Gasteiger partial charge in [0.15, 0.2) is 0 Å². The van der Waals surface area contributed by atoms with Crippen molar-refractivity contribution >= 4 is 0 Å². The van der Waals surface area contributed by atoms with Crippen LogP contribution in [0.5, 0.6) is 0 Å². The van der Waals surface area contributed by atoms with E-state index in [1.807, 2.05) is 19.4 Å². The molecular weight excluding hydrogens is 210 g/mol. The molecule has 3 heteroatoms. The molecule has 1 heterocycles. The first kappa shape index (κ1) is 14.0. The molecule has 0 amide bonds. The molecule has 96 valence electrons. The zero-order chi connectivity index (χ0) is 12.7. The second kappa shape index (κ2) is 6.60. The molecule has 1 N–H and O–H groups in total. The van der Waals surface area contributed by atoms with Gasteiger partial charge in [-0.3, -0.25) is 0 Å². The molecule has 3 nitrogen and oxygen atoms in total. The molecule has 0 aliphatic carbocycles. The zero-order valence-corrected chi connectivity index (χ0v) is 11.4. The van der Waals surface area contributed by atoms with Crippen molar-refractivity contribution in [1.82, 2.24) is 14.9 Å². The SMILES string of the molecule is C=CC(C)(CCc1nccn1C)CNCCC. The van der Waals surface area contributed by atoms with Gasteiger partial charge in [-0.05, 0) is 24.8 Å². The van der Waals surface area contributed by atoms with E-state index in [0.29, 0.717) is 0 Å². The van der Waals surface area contributed by atoms with Gasteiger partial charge in [-0.15, -0.1) is 6.58 Å². The Kier molecular flexibility index (Phi) is 5.42. The van der Waals surface area contributed by atoms with Crippen molar-refractivity contribution in [2.75, 3.05) is 13.1 Å². The molecule has 1 rings (SSSR count). The lowest BCUT2D eigenvalue weighted by Crippen LogP contribution is -2.31. The fourth-order valence-electron chi connectivity index (χ4n) is 1.85. The number of nitrogens with one attached hydrogen (secondary N) is 1. The summed E-state index contributed by atoms with van der Waals surface area (Å²) in [5, 5.41) is 3.47. The van der Waals surface area contributed by atoms with Gasteiger partial charge in [-0.25, -0.2) is 4.98 Å². The van der Waals surface area contributed by atoms with E-state index in [1.165, 1.54) is 6.42 Å². The van der Waals surface area contributed by atoms with Crippen molar-refractivity contribution in [1.29, 1.82) is 0 Å². The van der Waals surface area contributed by atoms with E-state index in [1.54, 1.807) is 0 Å². The molecule has 0 radical (unpaired) electrons. The molecule has 1 aromatic rings. The summed E-state index contributed by atoms with van der Waals surface area (Å²) in [7, 11) is 2.04. The highest BCUT2D eigenvalue weighted by molar-refractivity contribution is 4.98. The number of aryl methyl sites for hydroxylation is 2. The van der Waals surface area contributed by atoms with Crippen LogP contribution in [-0.2, 0) is 13.5 Å². The van der Waals surface area contributed by atoms with Crippen LogP contribution < -0.4 is 5.32 Å². The van der Waals surface area contributed by atoms with Crippen LogP contribution in [0.1, 0.15) is 32.5 Å². The van der Waals surface area contributed by atoms with Crippen LogP contribution in [0.3, 0.4) is 0 Å². The summed E-state index contributed by atoms with van der Waals surface area (Å²) in [6.07, 6.45) is 9.18. The number of hydrogen-bond acceptors (Lipinski definition) is 2. The number of hydrogen-bond donors (Lipinski definition) is 1. The number of imidazole rings is 1. The van der Waals surface area contributed by atoms with Crippen LogP contribution in [0.15, 0.2) is 25.0 Å². The van der Waals surface area contributed by atoms with E-state index in [-0.39, 0.29) is 5.41 Å². The molecule has 0 spiro atoms. The third-order valence-electron chi connectivity index (χ3n) is 3.29. The maximum absolute atomic E-state index is 4.36. The zero-order valence-electron chi connectivity index (χ0n) is 11.4. The maximum atomic E-state index is 4.36. The molecule has 0 aliphatic rings. The molecule has 0 aliphatic heterocycles. The lowest BCUT2D eigenvalue weighted by Gasteiger charge is -2.26. The summed E-state index contributed by atoms with van der Waals surface area (Å²) < 4.78 is 2.09. The smallest absolute Gasteiger partial charge is 0.108 e. The maximum Gasteiger partial charge on any atom is 0.108 e. The normalized spacial score (nSPS) is 14.5. The van der Waals surface area contributed by atoms with Gasteiger partial charge in [0, 0.05) is 32.4 Å². The second-order valence-corrected chi connectivity index (χ2v) is 4.99. The molecule has 0 saturated carbocycles.